The number of benzene rings is 2. The molecule has 1 aliphatic heterocycles. The van der Waals surface area contributed by atoms with Gasteiger partial charge in [0.1, 0.15) is 17.7 Å². The van der Waals surface area contributed by atoms with E-state index in [0.29, 0.717) is 28.6 Å². The van der Waals surface area contributed by atoms with Crippen molar-refractivity contribution in [2.75, 3.05) is 33.9 Å². The summed E-state index contributed by atoms with van der Waals surface area (Å²) in [6, 6.07) is 16.4. The lowest BCUT2D eigenvalue weighted by Crippen LogP contribution is -2.13. The van der Waals surface area contributed by atoms with Crippen molar-refractivity contribution in [1.29, 1.82) is 15.8 Å². The van der Waals surface area contributed by atoms with Crippen LogP contribution in [-0.2, 0) is 20.0 Å². The highest BCUT2D eigenvalue weighted by molar-refractivity contribution is 7.92. The van der Waals surface area contributed by atoms with Crippen LogP contribution in [0.5, 0.6) is 5.75 Å². The predicted molar refractivity (Wildman–Crippen MR) is 148 cm³/mol. The third-order valence-electron chi connectivity index (χ3n) is 5.12. The highest BCUT2D eigenvalue weighted by Gasteiger charge is 2.23. The average molecular weight is 563 g/mol. The Bertz CT molecular complexity index is 1750. The quantitative estimate of drug-likeness (QED) is 0.359. The van der Waals surface area contributed by atoms with E-state index in [2.05, 4.69) is 9.44 Å². The fourth-order valence-electron chi connectivity index (χ4n) is 3.55. The van der Waals surface area contributed by atoms with Gasteiger partial charge in [0.2, 0.25) is 20.0 Å². The highest BCUT2D eigenvalue weighted by atomic mass is 32.2. The second kappa shape index (κ2) is 11.6. The molecule has 13 heteroatoms. The molecule has 1 aliphatic rings. The van der Waals surface area contributed by atoms with Crippen molar-refractivity contribution in [3.63, 3.8) is 0 Å². The van der Waals surface area contributed by atoms with Crippen LogP contribution < -0.4 is 19.1 Å². The summed E-state index contributed by atoms with van der Waals surface area (Å²) in [5, 5.41) is 28.7. The third-order valence-corrected chi connectivity index (χ3v) is 6.33. The van der Waals surface area contributed by atoms with Gasteiger partial charge in [0.15, 0.2) is 11.6 Å². The van der Waals surface area contributed by atoms with Gasteiger partial charge in [-0.15, -0.1) is 0 Å². The molecule has 0 aromatic heterocycles. The molecule has 198 valence electrons. The lowest BCUT2D eigenvalue weighted by Gasteiger charge is -2.11. The maximum Gasteiger partial charge on any atom is 0.229 e. The van der Waals surface area contributed by atoms with Crippen LogP contribution in [0.15, 0.2) is 83.8 Å². The van der Waals surface area contributed by atoms with E-state index in [9.17, 15) is 32.6 Å². The van der Waals surface area contributed by atoms with Crippen LogP contribution in [0.4, 0.5) is 17.1 Å². The number of rotatable bonds is 8. The lowest BCUT2D eigenvalue weighted by atomic mass is 9.93. The molecular formula is C26H22N6O5S2. The molecule has 0 saturated carbocycles. The second-order valence-corrected chi connectivity index (χ2v) is 11.7. The summed E-state index contributed by atoms with van der Waals surface area (Å²) in [4.78, 5) is 1.71. The Morgan fingerprint density at radius 1 is 0.872 bits per heavy atom. The van der Waals surface area contributed by atoms with E-state index in [1.807, 2.05) is 6.07 Å². The number of fused-ring (bicyclic) bond motifs is 1. The Morgan fingerprint density at radius 2 is 1.46 bits per heavy atom. The molecule has 1 heterocycles. The minimum atomic E-state index is -3.50. The average Bonchev–Trinajstić information content (AvgIpc) is 3.16. The number of ether oxygens (including phenoxy) is 1. The zero-order chi connectivity index (χ0) is 28.8. The number of nitriles is 3. The zero-order valence-corrected chi connectivity index (χ0v) is 22.6. The predicted octanol–water partition coefficient (Wildman–Crippen LogP) is 3.61. The molecular weight excluding hydrogens is 540 g/mol. The summed E-state index contributed by atoms with van der Waals surface area (Å²) < 4.78 is 56.5. The molecule has 11 nitrogen and oxygen atoms in total. The van der Waals surface area contributed by atoms with E-state index < -0.39 is 20.0 Å². The first kappa shape index (κ1) is 28.5. The summed E-state index contributed by atoms with van der Waals surface area (Å²) in [6.07, 6.45) is 8.25. The molecule has 0 spiro atoms. The van der Waals surface area contributed by atoms with Gasteiger partial charge in [0.25, 0.3) is 0 Å². The number of nitrogens with one attached hydrogen (secondary N) is 2. The Hall–Kier alpha value is -5.03. The van der Waals surface area contributed by atoms with Gasteiger partial charge in [-0.2, -0.15) is 15.8 Å². The highest BCUT2D eigenvalue weighted by Crippen LogP contribution is 2.39. The summed E-state index contributed by atoms with van der Waals surface area (Å²) in [5.74, 6) is 0.959. The first-order chi connectivity index (χ1) is 18.3. The number of sulfonamides is 2. The van der Waals surface area contributed by atoms with Crippen molar-refractivity contribution in [1.82, 2.24) is 0 Å². The van der Waals surface area contributed by atoms with Gasteiger partial charge in [-0.3, -0.25) is 9.44 Å². The molecule has 0 bridgehead atoms. The Balaban J connectivity index is 1.88. The molecule has 0 unspecified atom stereocenters. The molecule has 0 atom stereocenters. The van der Waals surface area contributed by atoms with Crippen molar-refractivity contribution in [2.24, 2.45) is 0 Å². The number of hydrogen-bond donors (Lipinski definition) is 2. The van der Waals surface area contributed by atoms with Crippen LogP contribution >= 0.6 is 0 Å². The first-order valence-corrected chi connectivity index (χ1v) is 14.8. The third kappa shape index (κ3) is 7.49. The van der Waals surface area contributed by atoms with E-state index in [-0.39, 0.29) is 22.4 Å². The fourth-order valence-corrected chi connectivity index (χ4v) is 4.66. The van der Waals surface area contributed by atoms with Gasteiger partial charge in [-0.25, -0.2) is 16.8 Å². The van der Waals surface area contributed by atoms with E-state index >= 15 is 0 Å². The maximum atomic E-state index is 11.5. The number of nitrogens with zero attached hydrogens (tertiary/aromatic N) is 4. The monoisotopic (exact) mass is 562 g/mol. The summed E-state index contributed by atoms with van der Waals surface area (Å²) in [6.45, 7) is 0. The number of anilines is 3. The molecule has 2 aromatic rings. The van der Waals surface area contributed by atoms with E-state index in [4.69, 9.17) is 4.74 Å². The Kier molecular flexibility index (Phi) is 8.47. The SMILES string of the molecule is CN1/C(=C/C=C/C=C(\C#N)C(=C(C#N)C#N)c2ccc(NS(C)(=O)=O)cc2)Oc2ccc(NS(C)(=O)=O)cc21. The number of allylic oxidation sites excluding steroid dienone is 7. The lowest BCUT2D eigenvalue weighted by molar-refractivity contribution is 0.444. The van der Waals surface area contributed by atoms with Gasteiger partial charge in [0, 0.05) is 18.3 Å². The molecule has 39 heavy (non-hydrogen) atoms. The van der Waals surface area contributed by atoms with Crippen molar-refractivity contribution >= 4 is 42.7 Å². The smallest absolute Gasteiger partial charge is 0.229 e. The number of hydrogen-bond acceptors (Lipinski definition) is 9. The van der Waals surface area contributed by atoms with E-state index in [1.165, 1.54) is 36.4 Å². The molecule has 0 amide bonds. The molecule has 2 aromatic carbocycles. The van der Waals surface area contributed by atoms with Crippen molar-refractivity contribution in [3.8, 4) is 24.0 Å². The van der Waals surface area contributed by atoms with Crippen LogP contribution in [0.25, 0.3) is 5.57 Å². The molecule has 3 rings (SSSR count). The van der Waals surface area contributed by atoms with Gasteiger partial charge in [-0.1, -0.05) is 24.3 Å². The Morgan fingerprint density at radius 3 is 2.03 bits per heavy atom. The normalized spacial score (nSPS) is 14.1. The summed E-state index contributed by atoms with van der Waals surface area (Å²) in [5.41, 5.74) is 1.53. The minimum Gasteiger partial charge on any atom is -0.439 e. The second-order valence-electron chi connectivity index (χ2n) is 8.22. The first-order valence-electron chi connectivity index (χ1n) is 11.0. The van der Waals surface area contributed by atoms with Crippen molar-refractivity contribution in [2.45, 2.75) is 0 Å². The van der Waals surface area contributed by atoms with E-state index in [0.717, 1.165) is 12.5 Å². The summed E-state index contributed by atoms with van der Waals surface area (Å²) in [7, 11) is -5.20. The summed E-state index contributed by atoms with van der Waals surface area (Å²) >= 11 is 0. The fraction of sp³-hybridized carbons (Fsp3) is 0.115. The van der Waals surface area contributed by atoms with Crippen molar-refractivity contribution < 1.29 is 21.6 Å². The zero-order valence-electron chi connectivity index (χ0n) is 21.0. The van der Waals surface area contributed by atoms with Crippen LogP contribution in [0.2, 0.25) is 0 Å². The standard InChI is InChI=1S/C26H22N6O5S2/c1-32-23-14-22(31-39(3,35)36)12-13-24(23)37-25(32)7-5-4-6-19(15-27)26(20(16-28)17-29)18-8-10-21(11-9-18)30-38(2,33)34/h4-14,30-31H,1-3H3/b5-4+,19-6+,25-7-. The van der Waals surface area contributed by atoms with Crippen molar-refractivity contribution in [3.05, 3.63) is 89.4 Å². The molecule has 0 aliphatic carbocycles. The largest absolute Gasteiger partial charge is 0.439 e. The molecule has 0 fully saturated rings. The van der Waals surface area contributed by atoms with Gasteiger partial charge >= 0.3 is 0 Å². The minimum absolute atomic E-state index is 0.0343. The van der Waals surface area contributed by atoms with Crippen LogP contribution in [0, 0.1) is 34.0 Å². The molecule has 2 N–H and O–H groups in total. The van der Waals surface area contributed by atoms with Gasteiger partial charge in [0.05, 0.1) is 35.5 Å². The maximum absolute atomic E-state index is 11.5. The van der Waals surface area contributed by atoms with Crippen LogP contribution in [-0.4, -0.2) is 36.4 Å². The van der Waals surface area contributed by atoms with Crippen LogP contribution in [0.3, 0.4) is 0 Å². The van der Waals surface area contributed by atoms with E-state index in [1.54, 1.807) is 54.4 Å². The van der Waals surface area contributed by atoms with Gasteiger partial charge < -0.3 is 9.64 Å². The van der Waals surface area contributed by atoms with Gasteiger partial charge in [-0.05, 0) is 48.0 Å². The topological polar surface area (TPSA) is 176 Å². The molecule has 0 radical (unpaired) electrons. The Labute approximate surface area is 227 Å². The van der Waals surface area contributed by atoms with Crippen LogP contribution in [0.1, 0.15) is 5.56 Å². The molecule has 0 saturated heterocycles.